The lowest BCUT2D eigenvalue weighted by molar-refractivity contribution is 0.339. The summed E-state index contributed by atoms with van der Waals surface area (Å²) in [5.41, 5.74) is 4.80. The van der Waals surface area contributed by atoms with Crippen LogP contribution in [0.15, 0.2) is 95.4 Å². The minimum Gasteiger partial charge on any atom is -0.494 e. The first-order chi connectivity index (χ1) is 17.7. The molecule has 6 rings (SSSR count). The fourth-order valence-electron chi connectivity index (χ4n) is 4.53. The van der Waals surface area contributed by atoms with Crippen LogP contribution in [0, 0.1) is 0 Å². The van der Waals surface area contributed by atoms with E-state index >= 15 is 0 Å². The molecule has 178 valence electrons. The first kappa shape index (κ1) is 22.7. The lowest BCUT2D eigenvalue weighted by atomic mass is 10.0. The van der Waals surface area contributed by atoms with Crippen molar-refractivity contribution in [2.45, 2.75) is 19.4 Å². The van der Waals surface area contributed by atoms with Gasteiger partial charge in [0.1, 0.15) is 5.75 Å². The number of halogens is 1. The SMILES string of the molecule is CCOc1cccc([C@H]2CC(c3cccs3)=NN2c2nc(-c3ccccc3)c3cc(Cl)ccc3n2)c1. The Morgan fingerprint density at radius 3 is 2.67 bits per heavy atom. The van der Waals surface area contributed by atoms with Gasteiger partial charge in [0.15, 0.2) is 0 Å². The van der Waals surface area contributed by atoms with Crippen LogP contribution in [-0.2, 0) is 0 Å². The van der Waals surface area contributed by atoms with E-state index in [2.05, 4.69) is 41.8 Å². The van der Waals surface area contributed by atoms with Crippen LogP contribution in [0.2, 0.25) is 5.02 Å². The molecule has 1 atom stereocenters. The van der Waals surface area contributed by atoms with E-state index in [9.17, 15) is 0 Å². The van der Waals surface area contributed by atoms with Crippen LogP contribution < -0.4 is 9.75 Å². The number of hydrogen-bond donors (Lipinski definition) is 0. The number of hydrazone groups is 1. The largest absolute Gasteiger partial charge is 0.494 e. The maximum Gasteiger partial charge on any atom is 0.247 e. The Morgan fingerprint density at radius 1 is 0.972 bits per heavy atom. The van der Waals surface area contributed by atoms with Crippen LogP contribution in [0.5, 0.6) is 5.75 Å². The molecule has 1 aliphatic heterocycles. The normalized spacial score (nSPS) is 15.3. The third-order valence-corrected chi connectivity index (χ3v) is 7.32. The van der Waals surface area contributed by atoms with Crippen molar-refractivity contribution < 1.29 is 4.74 Å². The molecule has 0 aliphatic carbocycles. The number of aromatic nitrogens is 2. The first-order valence-corrected chi connectivity index (χ1v) is 13.1. The maximum atomic E-state index is 6.37. The van der Waals surface area contributed by atoms with E-state index in [0.717, 1.165) is 50.5 Å². The van der Waals surface area contributed by atoms with Crippen molar-refractivity contribution in [3.05, 3.63) is 106 Å². The highest BCUT2D eigenvalue weighted by atomic mass is 35.5. The van der Waals surface area contributed by atoms with E-state index in [1.807, 2.05) is 60.5 Å². The Hall–Kier alpha value is -3.74. The molecule has 0 saturated heterocycles. The number of fused-ring (bicyclic) bond motifs is 1. The molecule has 0 radical (unpaired) electrons. The second-order valence-corrected chi connectivity index (χ2v) is 9.88. The number of thiophene rings is 1. The summed E-state index contributed by atoms with van der Waals surface area (Å²) in [4.78, 5) is 11.2. The number of anilines is 1. The Morgan fingerprint density at radius 2 is 1.86 bits per heavy atom. The van der Waals surface area contributed by atoms with Gasteiger partial charge in [0, 0.05) is 22.4 Å². The van der Waals surface area contributed by atoms with Gasteiger partial charge in [0.2, 0.25) is 5.95 Å². The summed E-state index contributed by atoms with van der Waals surface area (Å²) in [6, 6.07) is 28.2. The van der Waals surface area contributed by atoms with Gasteiger partial charge in [0.25, 0.3) is 0 Å². The van der Waals surface area contributed by atoms with Crippen LogP contribution in [0.3, 0.4) is 0 Å². The van der Waals surface area contributed by atoms with Gasteiger partial charge in [-0.15, -0.1) is 11.3 Å². The molecule has 0 unspecified atom stereocenters. The molecule has 0 fully saturated rings. The molecule has 2 aromatic heterocycles. The molecule has 0 spiro atoms. The van der Waals surface area contributed by atoms with Gasteiger partial charge in [-0.1, -0.05) is 60.1 Å². The monoisotopic (exact) mass is 510 g/mol. The lowest BCUT2D eigenvalue weighted by Gasteiger charge is -2.23. The fourth-order valence-corrected chi connectivity index (χ4v) is 5.42. The lowest BCUT2D eigenvalue weighted by Crippen LogP contribution is -2.21. The zero-order valence-electron chi connectivity index (χ0n) is 19.6. The minimum atomic E-state index is -0.0594. The van der Waals surface area contributed by atoms with E-state index in [-0.39, 0.29) is 6.04 Å². The smallest absolute Gasteiger partial charge is 0.247 e. The van der Waals surface area contributed by atoms with E-state index in [4.69, 9.17) is 31.4 Å². The quantitative estimate of drug-likeness (QED) is 0.234. The summed E-state index contributed by atoms with van der Waals surface area (Å²) in [7, 11) is 0. The van der Waals surface area contributed by atoms with E-state index in [1.165, 1.54) is 0 Å². The number of nitrogens with zero attached hydrogens (tertiary/aromatic N) is 4. The van der Waals surface area contributed by atoms with Gasteiger partial charge in [-0.3, -0.25) is 0 Å². The second-order valence-electron chi connectivity index (χ2n) is 8.49. The van der Waals surface area contributed by atoms with Crippen LogP contribution in [0.1, 0.15) is 29.8 Å². The summed E-state index contributed by atoms with van der Waals surface area (Å²) < 4.78 is 5.79. The van der Waals surface area contributed by atoms with Gasteiger partial charge in [-0.2, -0.15) is 5.10 Å². The van der Waals surface area contributed by atoms with Crippen LogP contribution in [-0.4, -0.2) is 22.3 Å². The number of hydrogen-bond acceptors (Lipinski definition) is 6. The molecule has 0 N–H and O–H groups in total. The molecule has 1 aliphatic rings. The van der Waals surface area contributed by atoms with Crippen molar-refractivity contribution in [3.8, 4) is 17.0 Å². The molecule has 36 heavy (non-hydrogen) atoms. The molecule has 7 heteroatoms. The molecule has 3 aromatic carbocycles. The Labute approximate surface area is 218 Å². The first-order valence-electron chi connectivity index (χ1n) is 11.9. The molecule has 0 amide bonds. The van der Waals surface area contributed by atoms with Crippen molar-refractivity contribution >= 4 is 45.5 Å². The summed E-state index contributed by atoms with van der Waals surface area (Å²) in [6.45, 7) is 2.61. The molecule has 5 aromatic rings. The van der Waals surface area contributed by atoms with Gasteiger partial charge >= 0.3 is 0 Å². The number of ether oxygens (including phenoxy) is 1. The highest BCUT2D eigenvalue weighted by Gasteiger charge is 2.33. The van der Waals surface area contributed by atoms with Crippen molar-refractivity contribution in [2.75, 3.05) is 11.6 Å². The number of rotatable bonds is 6. The second kappa shape index (κ2) is 9.72. The molecule has 0 bridgehead atoms. The maximum absolute atomic E-state index is 6.37. The standard InChI is InChI=1S/C29H23ClN4OS/c1-2-35-22-11-6-10-20(16-22)26-18-25(27-12-7-15-36-27)33-34(26)29-31-24-14-13-21(30)17-23(24)28(32-29)19-8-4-3-5-9-19/h3-17,26H,2,18H2,1H3/t26-/m1/s1. The van der Waals surface area contributed by atoms with E-state index in [1.54, 1.807) is 11.3 Å². The van der Waals surface area contributed by atoms with Crippen LogP contribution in [0.25, 0.3) is 22.2 Å². The van der Waals surface area contributed by atoms with Gasteiger partial charge in [-0.25, -0.2) is 15.0 Å². The third-order valence-electron chi connectivity index (χ3n) is 6.17. The van der Waals surface area contributed by atoms with Gasteiger partial charge < -0.3 is 4.74 Å². The zero-order chi connectivity index (χ0) is 24.5. The van der Waals surface area contributed by atoms with Gasteiger partial charge in [0.05, 0.1) is 34.4 Å². The summed E-state index contributed by atoms with van der Waals surface area (Å²) >= 11 is 8.06. The topological polar surface area (TPSA) is 50.6 Å². The Bertz CT molecular complexity index is 1550. The van der Waals surface area contributed by atoms with Crippen LogP contribution >= 0.6 is 22.9 Å². The molecule has 0 saturated carbocycles. The van der Waals surface area contributed by atoms with Crippen molar-refractivity contribution in [1.29, 1.82) is 0 Å². The van der Waals surface area contributed by atoms with Crippen molar-refractivity contribution in [2.24, 2.45) is 5.10 Å². The average Bonchev–Trinajstić information content (AvgIpc) is 3.60. The van der Waals surface area contributed by atoms with E-state index in [0.29, 0.717) is 17.6 Å². The van der Waals surface area contributed by atoms with Crippen molar-refractivity contribution in [3.63, 3.8) is 0 Å². The molecule has 5 nitrogen and oxygen atoms in total. The molecule has 3 heterocycles. The Kier molecular flexibility index (Phi) is 6.13. The van der Waals surface area contributed by atoms with Gasteiger partial charge in [-0.05, 0) is 54.3 Å². The average molecular weight is 511 g/mol. The zero-order valence-corrected chi connectivity index (χ0v) is 21.2. The number of benzene rings is 3. The van der Waals surface area contributed by atoms with E-state index < -0.39 is 0 Å². The third kappa shape index (κ3) is 4.34. The van der Waals surface area contributed by atoms with Crippen molar-refractivity contribution in [1.82, 2.24) is 9.97 Å². The highest BCUT2D eigenvalue weighted by molar-refractivity contribution is 7.12. The Balaban J connectivity index is 1.52. The summed E-state index contributed by atoms with van der Waals surface area (Å²) in [6.07, 6.45) is 0.749. The molecular weight excluding hydrogens is 488 g/mol. The van der Waals surface area contributed by atoms with Crippen LogP contribution in [0.4, 0.5) is 5.95 Å². The fraction of sp³-hybridized carbons (Fsp3) is 0.138. The highest BCUT2D eigenvalue weighted by Crippen LogP contribution is 2.39. The molecular formula is C29H23ClN4OS. The summed E-state index contributed by atoms with van der Waals surface area (Å²) in [5.74, 6) is 1.40. The predicted molar refractivity (Wildman–Crippen MR) is 148 cm³/mol. The predicted octanol–water partition coefficient (Wildman–Crippen LogP) is 7.77. The minimum absolute atomic E-state index is 0.0594. The summed E-state index contributed by atoms with van der Waals surface area (Å²) in [5, 5.41) is 10.7.